The minimum Gasteiger partial charge on any atom is -0.443 e. The molecule has 23 rings (SSSR count). The molecule has 3 aliphatic rings. The van der Waals surface area contributed by atoms with Crippen molar-refractivity contribution >= 4 is 216 Å². The number of nitrogens with one attached hydrogen (secondary N) is 5. The molecule has 14 heterocycles. The number of nitrogen functional groups attached to an aromatic ring is 5. The second-order valence-corrected chi connectivity index (χ2v) is 37.8. The monoisotopic (exact) mass is 2000 g/mol. The number of thiazole rings is 2. The summed E-state index contributed by atoms with van der Waals surface area (Å²) in [4.78, 5) is 98.1. The van der Waals surface area contributed by atoms with Gasteiger partial charge in [0.05, 0.1) is 92.7 Å². The molecule has 0 saturated heterocycles. The van der Waals surface area contributed by atoms with Crippen LogP contribution in [0.4, 0.5) is 58.2 Å². The summed E-state index contributed by atoms with van der Waals surface area (Å²) in [5.74, 6) is 4.16. The lowest BCUT2D eigenvalue weighted by atomic mass is 10.0. The number of fused-ring (bicyclic) bond motifs is 5. The molecule has 0 radical (unpaired) electrons. The molecule has 36 nitrogen and oxygen atoms in total. The molecule has 15 N–H and O–H groups in total. The van der Waals surface area contributed by atoms with Crippen molar-refractivity contribution < 1.29 is 18.5 Å². The van der Waals surface area contributed by atoms with Crippen molar-refractivity contribution in [2.75, 3.05) is 62.3 Å². The average Bonchev–Trinajstić information content (AvgIpc) is 1.58. The van der Waals surface area contributed by atoms with Gasteiger partial charge in [-0.1, -0.05) is 112 Å². The SMILES string of the molecule is CC(=O)Nc1nc(-c2cc(Cl)c3ncccc3c2)c(-c2ncc(C)s2)nc1N.CNc1nc(-c2cc(Cl)c3oncc3c2)c(-n2ccc(C)n2)nc1N.Cc1ccn(-c2nc(N)c(NC3CCCC3)nc2-c2cc(Cl)c3ncsc3c2)n1.Cc1sncc1-c1nc(N)c(NC(=O)C2CC2)nc1-c1cc(Cl)c2nccnc2c1.Nc1nc(-c2ccccc2)c(-c2cc(Cl)c3ncoc3c2)nc1NC1CC1. The van der Waals surface area contributed by atoms with E-state index in [-0.39, 0.29) is 46.8 Å². The topological polar surface area (TPSA) is 518 Å². The van der Waals surface area contributed by atoms with E-state index in [9.17, 15) is 9.59 Å². The molecule has 0 aliphatic heterocycles. The van der Waals surface area contributed by atoms with Gasteiger partial charge >= 0.3 is 0 Å². The largest absolute Gasteiger partial charge is 0.443 e. The molecule has 0 spiro atoms. The quantitative estimate of drug-likeness (QED) is 0.0381. The van der Waals surface area contributed by atoms with Gasteiger partial charge in [0.15, 0.2) is 87.4 Å². The van der Waals surface area contributed by atoms with E-state index in [1.54, 1.807) is 94.8 Å². The minimum absolute atomic E-state index is 0.0167. The molecule has 6 aromatic carbocycles. The van der Waals surface area contributed by atoms with Crippen molar-refractivity contribution in [2.45, 2.75) is 98.1 Å². The van der Waals surface area contributed by atoms with Gasteiger partial charge in [-0.15, -0.1) is 22.7 Å². The van der Waals surface area contributed by atoms with Crippen LogP contribution in [0, 0.1) is 33.6 Å². The number of halogens is 5. The standard InChI is InChI=1S/C20H16ClN7OS.C20H20ClN7S.C20H16ClN5O.C19H15ClN6OS.C16H14ClN7O/c1-9-12(8-25-30-9)16-15(11-6-13(21)17-14(7-11)23-4-5-24-17)27-19(18(22)26-16)28-20(29)10-2-3-10;1-11-6-7-28(27-11)20-16(12-8-14(21)17-15(9-12)29-10-23-17)25-19(18(22)26-20)24-13-4-2-3-5-13;21-14-8-12(9-15-18(14)23-10-27-15)17-16(11-4-2-1-3-5-11)25-19(22)20(26-17)24-13-6-7-13;1-9-8-23-19(28-9)16-15(26-18(17(21)25-16)24-10(2)27)12-6-11-4-3-5-22-14(11)13(20)7-12;1-8-3-4-24(23-8)16-12(21-15(19-2)14(18)22-16)9-5-10-7-20-25-13(10)11(17)6-9/h4-8,10H,2-3H2,1H3,(H2,22,26)(H,27,28,29);6-10,13H,2-5H2,1H3,(H2,22,26)(H,24,25);1-5,8-10,13H,6-7H2,(H2,22,25)(H,24,26);3-8H,1-2H3,(H2,21,25)(H,24,26,27);3-7H,1-2H3,(H2,18,22)(H,19,21). The van der Waals surface area contributed by atoms with E-state index in [4.69, 9.17) is 106 Å². The first-order valence-corrected chi connectivity index (χ1v) is 47.8. The fourth-order valence-electron chi connectivity index (χ4n) is 15.4. The Balaban J connectivity index is 0.000000111. The molecule has 3 saturated carbocycles. The van der Waals surface area contributed by atoms with E-state index in [0.29, 0.717) is 167 Å². The number of anilines is 10. The lowest BCUT2D eigenvalue weighted by Gasteiger charge is -2.17. The predicted molar refractivity (Wildman–Crippen MR) is 550 cm³/mol. The van der Waals surface area contributed by atoms with E-state index < -0.39 is 0 Å². The number of hydrogen-bond acceptors (Lipinski definition) is 35. The number of nitrogens with two attached hydrogens (primary N) is 5. The maximum absolute atomic E-state index is 12.3. The number of amides is 2. The summed E-state index contributed by atoms with van der Waals surface area (Å²) in [7, 11) is 1.73. The third-order valence-corrected chi connectivity index (χ3v) is 26.2. The molecule has 14 aromatic heterocycles. The van der Waals surface area contributed by atoms with Gasteiger partial charge in [-0.25, -0.2) is 78.5 Å². The Morgan fingerprint density at radius 2 is 1.01 bits per heavy atom. The first-order valence-electron chi connectivity index (χ1n) is 43.4. The highest BCUT2D eigenvalue weighted by Crippen LogP contribution is 2.45. The highest BCUT2D eigenvalue weighted by molar-refractivity contribution is 7.17. The zero-order valence-corrected chi connectivity index (χ0v) is 80.8. The number of oxazole rings is 1. The zero-order chi connectivity index (χ0) is 96.6. The van der Waals surface area contributed by atoms with E-state index in [0.717, 1.165) is 114 Å². The maximum atomic E-state index is 12.3. The van der Waals surface area contributed by atoms with Crippen molar-refractivity contribution in [3.8, 4) is 101 Å². The van der Waals surface area contributed by atoms with Crippen LogP contribution in [0.3, 0.4) is 0 Å². The molecule has 3 aliphatic carbocycles. The number of aromatic nitrogens is 22. The van der Waals surface area contributed by atoms with Crippen LogP contribution in [0.25, 0.3) is 155 Å². The van der Waals surface area contributed by atoms with Crippen molar-refractivity contribution in [3.63, 3.8) is 0 Å². The number of pyridine rings is 1. The second-order valence-electron chi connectivity index (χ2n) is 32.6. The molecule has 0 atom stereocenters. The van der Waals surface area contributed by atoms with Gasteiger partial charge in [0.25, 0.3) is 0 Å². The first-order chi connectivity index (χ1) is 67.3. The number of hydrogen-bond donors (Lipinski definition) is 10. The Bertz CT molecular complexity index is 8120. The molecular weight excluding hydrogens is 1930 g/mol. The Labute approximate surface area is 828 Å². The summed E-state index contributed by atoms with van der Waals surface area (Å²) in [5, 5.41) is 32.7. The van der Waals surface area contributed by atoms with Gasteiger partial charge in [-0.3, -0.25) is 24.5 Å². The molecule has 3 fully saturated rings. The third kappa shape index (κ3) is 20.3. The minimum atomic E-state index is -0.287. The molecule has 44 heteroatoms. The third-order valence-electron chi connectivity index (χ3n) is 22.4. The van der Waals surface area contributed by atoms with Crippen LogP contribution < -0.4 is 55.3 Å². The lowest BCUT2D eigenvalue weighted by molar-refractivity contribution is -0.117. The Morgan fingerprint density at radius 3 is 1.66 bits per heavy atom. The van der Waals surface area contributed by atoms with Crippen molar-refractivity contribution in [1.82, 2.24) is 109 Å². The molecule has 2 amide bonds. The Morgan fingerprint density at radius 1 is 0.468 bits per heavy atom. The van der Waals surface area contributed by atoms with Crippen LogP contribution in [0.2, 0.25) is 25.1 Å². The highest BCUT2D eigenvalue weighted by atomic mass is 35.5. The number of rotatable bonds is 18. The Hall–Kier alpha value is -15.2. The maximum Gasteiger partial charge on any atom is 0.228 e. The lowest BCUT2D eigenvalue weighted by Crippen LogP contribution is -2.18. The summed E-state index contributed by atoms with van der Waals surface area (Å²) >= 11 is 36.5. The number of carbonyl (C=O) groups excluding carboxylic acids is 2. The number of nitrogens with zero attached hydrogens (tertiary/aromatic N) is 22. The van der Waals surface area contributed by atoms with E-state index in [2.05, 4.69) is 116 Å². The summed E-state index contributed by atoms with van der Waals surface area (Å²) in [5.41, 5.74) is 49.1. The highest BCUT2D eigenvalue weighted by Gasteiger charge is 2.33. The van der Waals surface area contributed by atoms with Crippen LogP contribution in [-0.4, -0.2) is 140 Å². The van der Waals surface area contributed by atoms with Gasteiger partial charge in [-0.05, 0) is 157 Å². The summed E-state index contributed by atoms with van der Waals surface area (Å²) < 4.78 is 19.2. The molecule has 0 unspecified atom stereocenters. The van der Waals surface area contributed by atoms with Crippen molar-refractivity contribution in [2.24, 2.45) is 5.92 Å². The van der Waals surface area contributed by atoms with E-state index in [1.807, 2.05) is 131 Å². The van der Waals surface area contributed by atoms with E-state index >= 15 is 0 Å². The van der Waals surface area contributed by atoms with Crippen LogP contribution >= 0.6 is 92.2 Å². The van der Waals surface area contributed by atoms with Crippen molar-refractivity contribution in [3.05, 3.63) is 223 Å². The summed E-state index contributed by atoms with van der Waals surface area (Å²) in [6.45, 7) is 9.13. The zero-order valence-electron chi connectivity index (χ0n) is 74.6. The fourth-order valence-corrected chi connectivity index (χ4v) is 18.8. The molecule has 20 aromatic rings. The van der Waals surface area contributed by atoms with Crippen LogP contribution in [0.5, 0.6) is 0 Å². The van der Waals surface area contributed by atoms with Gasteiger partial charge in [0.1, 0.15) is 44.5 Å². The van der Waals surface area contributed by atoms with Crippen molar-refractivity contribution in [1.29, 1.82) is 0 Å². The number of benzene rings is 6. The molecule has 0 bridgehead atoms. The van der Waals surface area contributed by atoms with Gasteiger partial charge in [-0.2, -0.15) is 10.2 Å². The van der Waals surface area contributed by atoms with Gasteiger partial charge in [0, 0.05) is 129 Å². The smallest absolute Gasteiger partial charge is 0.228 e. The second kappa shape index (κ2) is 39.8. The Kier molecular flexibility index (Phi) is 26.6. The van der Waals surface area contributed by atoms with E-state index in [1.165, 1.54) is 49.0 Å². The normalized spacial score (nSPS) is 12.9. The number of carbonyl (C=O) groups is 2. The number of aryl methyl sites for hydroxylation is 4. The first kappa shape index (κ1) is 92.8. The predicted octanol–water partition coefficient (Wildman–Crippen LogP) is 21.1. The van der Waals surface area contributed by atoms with Crippen LogP contribution in [0.1, 0.15) is 79.4 Å². The molecular formula is C95H81Cl5N32O4S3. The molecule has 139 heavy (non-hydrogen) atoms. The summed E-state index contributed by atoms with van der Waals surface area (Å²) in [6.07, 6.45) is 23.7. The van der Waals surface area contributed by atoms with Crippen LogP contribution in [-0.2, 0) is 9.59 Å². The fraction of sp³-hybridized carbons (Fsp3) is 0.179. The average molecular weight is 2010 g/mol. The van der Waals surface area contributed by atoms with Gasteiger partial charge in [0.2, 0.25) is 11.8 Å². The van der Waals surface area contributed by atoms with Gasteiger partial charge < -0.3 is 64.2 Å². The molecule has 698 valence electrons. The van der Waals surface area contributed by atoms with Crippen LogP contribution in [0.15, 0.2) is 186 Å². The summed E-state index contributed by atoms with van der Waals surface area (Å²) in [6, 6.07) is 36.8.